The number of ether oxygens (including phenoxy) is 1. The maximum absolute atomic E-state index is 13.0. The molecular formula is C25H36N4O7. The molecule has 3 atom stereocenters. The second-order valence-corrected chi connectivity index (χ2v) is 9.77. The molecule has 1 heterocycles. The van der Waals surface area contributed by atoms with Crippen LogP contribution >= 0.6 is 0 Å². The van der Waals surface area contributed by atoms with E-state index in [-0.39, 0.29) is 12.5 Å². The van der Waals surface area contributed by atoms with Gasteiger partial charge in [-0.25, -0.2) is 9.59 Å². The van der Waals surface area contributed by atoms with E-state index in [0.717, 1.165) is 5.56 Å². The first-order valence-electron chi connectivity index (χ1n) is 12.0. The summed E-state index contributed by atoms with van der Waals surface area (Å²) in [5, 5.41) is 17.1. The Morgan fingerprint density at radius 1 is 1.06 bits per heavy atom. The van der Waals surface area contributed by atoms with Crippen LogP contribution in [-0.4, -0.2) is 70.0 Å². The number of nitrogens with one attached hydrogen (secondary N) is 3. The van der Waals surface area contributed by atoms with Crippen LogP contribution in [0, 0.1) is 5.92 Å². The van der Waals surface area contributed by atoms with Crippen molar-refractivity contribution in [3.63, 3.8) is 0 Å². The lowest BCUT2D eigenvalue weighted by Crippen LogP contribution is -2.62. The van der Waals surface area contributed by atoms with Gasteiger partial charge in [-0.1, -0.05) is 44.2 Å². The fraction of sp³-hybridized carbons (Fsp3) is 0.560. The van der Waals surface area contributed by atoms with Crippen molar-refractivity contribution < 1.29 is 33.8 Å². The molecule has 1 fully saturated rings. The van der Waals surface area contributed by atoms with Crippen LogP contribution in [0.25, 0.3) is 0 Å². The molecule has 0 unspecified atom stereocenters. The van der Waals surface area contributed by atoms with Crippen molar-refractivity contribution in [3.05, 3.63) is 35.9 Å². The van der Waals surface area contributed by atoms with Crippen molar-refractivity contribution in [1.29, 1.82) is 0 Å². The summed E-state index contributed by atoms with van der Waals surface area (Å²) in [6, 6.07) is 6.15. The van der Waals surface area contributed by atoms with E-state index in [9.17, 15) is 29.1 Å². The van der Waals surface area contributed by atoms with Crippen molar-refractivity contribution in [2.45, 2.75) is 77.7 Å². The van der Waals surface area contributed by atoms with Gasteiger partial charge in [0.15, 0.2) is 0 Å². The molecule has 1 saturated heterocycles. The van der Waals surface area contributed by atoms with Crippen LogP contribution in [0.15, 0.2) is 30.3 Å². The largest absolute Gasteiger partial charge is 0.480 e. The van der Waals surface area contributed by atoms with E-state index in [1.165, 1.54) is 25.7 Å². The summed E-state index contributed by atoms with van der Waals surface area (Å²) in [6.07, 6.45) is 0.141. The smallest absolute Gasteiger partial charge is 0.408 e. The van der Waals surface area contributed by atoms with Gasteiger partial charge in [0, 0.05) is 6.54 Å². The van der Waals surface area contributed by atoms with E-state index in [2.05, 4.69) is 16.0 Å². The summed E-state index contributed by atoms with van der Waals surface area (Å²) in [7, 11) is 0. The molecule has 11 nitrogen and oxygen atoms in total. The van der Waals surface area contributed by atoms with Gasteiger partial charge in [-0.3, -0.25) is 14.4 Å². The van der Waals surface area contributed by atoms with Gasteiger partial charge in [0.05, 0.1) is 0 Å². The highest BCUT2D eigenvalue weighted by atomic mass is 16.5. The van der Waals surface area contributed by atoms with E-state index in [0.29, 0.717) is 19.4 Å². The molecule has 0 aliphatic carbocycles. The minimum Gasteiger partial charge on any atom is -0.480 e. The van der Waals surface area contributed by atoms with Crippen LogP contribution in [0.3, 0.4) is 0 Å². The Morgan fingerprint density at radius 3 is 2.28 bits per heavy atom. The average molecular weight is 505 g/mol. The molecule has 11 heteroatoms. The van der Waals surface area contributed by atoms with E-state index >= 15 is 0 Å². The zero-order valence-electron chi connectivity index (χ0n) is 21.4. The third-order valence-corrected chi connectivity index (χ3v) is 5.96. The number of rotatable bonds is 10. The van der Waals surface area contributed by atoms with Gasteiger partial charge in [0.1, 0.15) is 30.3 Å². The molecule has 1 aromatic rings. The maximum Gasteiger partial charge on any atom is 0.408 e. The molecule has 198 valence electrons. The van der Waals surface area contributed by atoms with Gasteiger partial charge in [0.25, 0.3) is 0 Å². The summed E-state index contributed by atoms with van der Waals surface area (Å²) in [5.74, 6) is -3.13. The normalized spacial score (nSPS) is 17.2. The van der Waals surface area contributed by atoms with Crippen molar-refractivity contribution in [2.75, 3.05) is 6.54 Å². The van der Waals surface area contributed by atoms with Crippen LogP contribution in [0.5, 0.6) is 0 Å². The van der Waals surface area contributed by atoms with Crippen molar-refractivity contribution in [3.8, 4) is 0 Å². The van der Waals surface area contributed by atoms with Crippen LogP contribution < -0.4 is 16.0 Å². The Labute approximate surface area is 210 Å². The lowest BCUT2D eigenvalue weighted by Gasteiger charge is -2.34. The first-order chi connectivity index (χ1) is 16.8. The predicted molar refractivity (Wildman–Crippen MR) is 131 cm³/mol. The Morgan fingerprint density at radius 2 is 1.69 bits per heavy atom. The molecule has 4 N–H and O–H groups in total. The Kier molecular flexibility index (Phi) is 9.83. The van der Waals surface area contributed by atoms with Gasteiger partial charge >= 0.3 is 12.1 Å². The lowest BCUT2D eigenvalue weighted by atomic mass is 9.98. The third kappa shape index (κ3) is 7.69. The van der Waals surface area contributed by atoms with Crippen LogP contribution in [0.1, 0.15) is 53.0 Å². The highest BCUT2D eigenvalue weighted by Crippen LogP contribution is 2.22. The number of carbonyl (C=O) groups is 5. The molecule has 0 saturated carbocycles. The van der Waals surface area contributed by atoms with Gasteiger partial charge in [-0.05, 0) is 45.1 Å². The first-order valence-corrected chi connectivity index (χ1v) is 12.0. The fourth-order valence-corrected chi connectivity index (χ4v) is 3.89. The molecule has 2 rings (SSSR count). The van der Waals surface area contributed by atoms with Gasteiger partial charge < -0.3 is 30.7 Å². The monoisotopic (exact) mass is 504 g/mol. The Balaban J connectivity index is 1.95. The molecule has 36 heavy (non-hydrogen) atoms. The quantitative estimate of drug-likeness (QED) is 0.376. The SMILES string of the molecule is CC(C)[C@H](NC(=O)[C@H](C)NC(=O)OCc1ccccc1)C(=O)NC(C)(C)C(=O)N1CCC[C@H]1C(=O)O. The lowest BCUT2D eigenvalue weighted by molar-refractivity contribution is -0.151. The number of benzene rings is 1. The minimum absolute atomic E-state index is 0.0426. The topological polar surface area (TPSA) is 154 Å². The van der Waals surface area contributed by atoms with Crippen molar-refractivity contribution >= 4 is 29.8 Å². The average Bonchev–Trinajstić information content (AvgIpc) is 3.30. The zero-order chi connectivity index (χ0) is 27.0. The molecule has 0 radical (unpaired) electrons. The van der Waals surface area contributed by atoms with Crippen molar-refractivity contribution in [1.82, 2.24) is 20.9 Å². The summed E-state index contributed by atoms with van der Waals surface area (Å²) < 4.78 is 5.12. The number of carboxylic acids is 1. The highest BCUT2D eigenvalue weighted by molar-refractivity contribution is 5.96. The molecular weight excluding hydrogens is 468 g/mol. The van der Waals surface area contributed by atoms with E-state index in [1.54, 1.807) is 26.0 Å². The second-order valence-electron chi connectivity index (χ2n) is 9.77. The molecule has 1 aliphatic heterocycles. The van der Waals surface area contributed by atoms with E-state index < -0.39 is 53.4 Å². The number of carboxylic acid groups (broad SMARTS) is 1. The number of alkyl carbamates (subject to hydrolysis) is 1. The molecule has 1 aliphatic rings. The summed E-state index contributed by atoms with van der Waals surface area (Å²) >= 11 is 0. The minimum atomic E-state index is -1.39. The standard InChI is InChI=1S/C25H36N4O7/c1-15(2)19(21(31)28-25(4,5)23(34)29-13-9-12-18(29)22(32)33)27-20(30)16(3)26-24(35)36-14-17-10-7-6-8-11-17/h6-8,10-11,15-16,18-19H,9,12-14H2,1-5H3,(H,26,35)(H,27,30)(H,28,31)(H,32,33)/t16-,18-,19-/m0/s1. The van der Waals surface area contributed by atoms with Crippen LogP contribution in [-0.2, 0) is 30.5 Å². The number of hydrogen-bond donors (Lipinski definition) is 4. The predicted octanol–water partition coefficient (Wildman–Crippen LogP) is 1.41. The Hall–Kier alpha value is -3.63. The van der Waals surface area contributed by atoms with Crippen LogP contribution in [0.4, 0.5) is 4.79 Å². The van der Waals surface area contributed by atoms with Gasteiger partial charge in [-0.15, -0.1) is 0 Å². The number of likely N-dealkylation sites (tertiary alicyclic amines) is 1. The number of aliphatic carboxylic acids is 1. The van der Waals surface area contributed by atoms with Gasteiger partial charge in [0.2, 0.25) is 17.7 Å². The number of carbonyl (C=O) groups excluding carboxylic acids is 4. The summed E-state index contributed by atoms with van der Waals surface area (Å²) in [5.41, 5.74) is -0.597. The maximum atomic E-state index is 13.0. The summed E-state index contributed by atoms with van der Waals surface area (Å²) in [4.78, 5) is 63.6. The molecule has 0 spiro atoms. The second kappa shape index (κ2) is 12.4. The van der Waals surface area contributed by atoms with Crippen LogP contribution in [0.2, 0.25) is 0 Å². The van der Waals surface area contributed by atoms with E-state index in [4.69, 9.17) is 4.74 Å². The summed E-state index contributed by atoms with van der Waals surface area (Å²) in [6.45, 7) is 8.25. The number of amides is 4. The molecule has 0 bridgehead atoms. The molecule has 4 amide bonds. The van der Waals surface area contributed by atoms with E-state index in [1.807, 2.05) is 18.2 Å². The molecule has 0 aromatic heterocycles. The van der Waals surface area contributed by atoms with Gasteiger partial charge in [-0.2, -0.15) is 0 Å². The molecule has 1 aromatic carbocycles. The fourth-order valence-electron chi connectivity index (χ4n) is 3.89. The highest BCUT2D eigenvalue weighted by Gasteiger charge is 2.42. The first kappa shape index (κ1) is 28.6. The zero-order valence-corrected chi connectivity index (χ0v) is 21.4. The number of hydrogen-bond acceptors (Lipinski definition) is 6. The van der Waals surface area contributed by atoms with Crippen molar-refractivity contribution in [2.24, 2.45) is 5.92 Å². The third-order valence-electron chi connectivity index (χ3n) is 5.96. The Bertz CT molecular complexity index is 964. The number of nitrogens with zero attached hydrogens (tertiary/aromatic N) is 1.